The average Bonchev–Trinajstić information content (AvgIpc) is 2.75. The number of ether oxygens (including phenoxy) is 2. The normalized spacial score (nSPS) is 11.0. The van der Waals surface area contributed by atoms with Crippen molar-refractivity contribution in [1.82, 2.24) is 0 Å². The number of hydrogen-bond donors (Lipinski definition) is 1. The van der Waals surface area contributed by atoms with Crippen LogP contribution in [0.1, 0.15) is 12.5 Å². The number of nitrogens with zero attached hydrogens (tertiary/aromatic N) is 1. The highest BCUT2D eigenvalue weighted by atomic mass is 32.2. The van der Waals surface area contributed by atoms with Gasteiger partial charge in [0.05, 0.1) is 18.6 Å². The van der Waals surface area contributed by atoms with Crippen LogP contribution >= 0.6 is 0 Å². The second-order valence-electron chi connectivity index (χ2n) is 7.14. The van der Waals surface area contributed by atoms with Crippen LogP contribution in [0.5, 0.6) is 17.2 Å². The van der Waals surface area contributed by atoms with Crippen LogP contribution < -0.4 is 19.1 Å². The summed E-state index contributed by atoms with van der Waals surface area (Å²) in [5, 5.41) is 2.73. The van der Waals surface area contributed by atoms with Crippen LogP contribution in [-0.4, -0.2) is 33.7 Å². The van der Waals surface area contributed by atoms with E-state index in [1.165, 1.54) is 0 Å². The fourth-order valence-corrected chi connectivity index (χ4v) is 3.98. The molecule has 0 unspecified atom stereocenters. The number of rotatable bonds is 9. The molecular weight excluding hydrogens is 428 g/mol. The molecule has 0 radical (unpaired) electrons. The minimum atomic E-state index is -3.63. The molecule has 0 fully saturated rings. The number of hydrogen-bond acceptors (Lipinski definition) is 5. The molecule has 1 N–H and O–H groups in total. The number of carbonyl (C=O) groups is 1. The number of para-hydroxylation sites is 1. The van der Waals surface area contributed by atoms with E-state index >= 15 is 0 Å². The molecule has 0 atom stereocenters. The Balaban J connectivity index is 1.64. The van der Waals surface area contributed by atoms with Gasteiger partial charge in [-0.2, -0.15) is 0 Å². The highest BCUT2D eigenvalue weighted by Crippen LogP contribution is 2.26. The standard InChI is InChI=1S/C24H26N2O5S/c1-4-30-20-13-15-22(16-14-20)31-21-11-9-19(10-12-21)25-24(27)17-26(32(3,28)29)23-8-6-5-7-18(23)2/h5-16H,4,17H2,1-3H3,(H,25,27). The van der Waals surface area contributed by atoms with E-state index < -0.39 is 15.9 Å². The molecule has 32 heavy (non-hydrogen) atoms. The summed E-state index contributed by atoms with van der Waals surface area (Å²) in [6.45, 7) is 4.00. The van der Waals surface area contributed by atoms with Gasteiger partial charge in [0, 0.05) is 5.69 Å². The zero-order valence-corrected chi connectivity index (χ0v) is 19.1. The number of nitrogens with one attached hydrogen (secondary N) is 1. The van der Waals surface area contributed by atoms with Gasteiger partial charge in [-0.25, -0.2) is 8.42 Å². The Morgan fingerprint density at radius 1 is 0.906 bits per heavy atom. The minimum absolute atomic E-state index is 0.325. The minimum Gasteiger partial charge on any atom is -0.494 e. The first-order valence-electron chi connectivity index (χ1n) is 10.1. The van der Waals surface area contributed by atoms with Gasteiger partial charge in [0.2, 0.25) is 15.9 Å². The second-order valence-corrected chi connectivity index (χ2v) is 9.04. The van der Waals surface area contributed by atoms with Crippen LogP contribution in [0.2, 0.25) is 0 Å². The summed E-state index contributed by atoms with van der Waals surface area (Å²) in [6, 6.07) is 21.1. The summed E-state index contributed by atoms with van der Waals surface area (Å²) in [6.07, 6.45) is 1.08. The number of benzene rings is 3. The first-order valence-corrected chi connectivity index (χ1v) is 11.9. The van der Waals surface area contributed by atoms with Crippen LogP contribution in [0, 0.1) is 6.92 Å². The summed E-state index contributed by atoms with van der Waals surface area (Å²) in [5.41, 5.74) is 1.78. The maximum Gasteiger partial charge on any atom is 0.245 e. The van der Waals surface area contributed by atoms with E-state index in [4.69, 9.17) is 9.47 Å². The molecular formula is C24H26N2O5S. The van der Waals surface area contributed by atoms with Gasteiger partial charge in [0.25, 0.3) is 0 Å². The van der Waals surface area contributed by atoms with E-state index in [1.807, 2.05) is 37.3 Å². The Hall–Kier alpha value is -3.52. The molecule has 3 aromatic rings. The van der Waals surface area contributed by atoms with Gasteiger partial charge >= 0.3 is 0 Å². The topological polar surface area (TPSA) is 84.9 Å². The van der Waals surface area contributed by atoms with Crippen LogP contribution in [0.25, 0.3) is 0 Å². The number of carbonyl (C=O) groups excluding carboxylic acids is 1. The van der Waals surface area contributed by atoms with Crippen LogP contribution in [0.3, 0.4) is 0 Å². The fraction of sp³-hybridized carbons (Fsp3) is 0.208. The molecule has 0 saturated carbocycles. The number of amides is 1. The smallest absolute Gasteiger partial charge is 0.245 e. The van der Waals surface area contributed by atoms with Crippen molar-refractivity contribution in [3.8, 4) is 17.2 Å². The molecule has 7 nitrogen and oxygen atoms in total. The van der Waals surface area contributed by atoms with Gasteiger partial charge in [-0.1, -0.05) is 18.2 Å². The Morgan fingerprint density at radius 3 is 2.03 bits per heavy atom. The molecule has 1 amide bonds. The van der Waals surface area contributed by atoms with E-state index in [1.54, 1.807) is 49.4 Å². The third-order valence-corrected chi connectivity index (χ3v) is 5.71. The lowest BCUT2D eigenvalue weighted by Gasteiger charge is -2.23. The van der Waals surface area contributed by atoms with Gasteiger partial charge in [-0.15, -0.1) is 0 Å². The summed E-state index contributed by atoms with van der Waals surface area (Å²) in [5.74, 6) is 1.59. The van der Waals surface area contributed by atoms with Crippen molar-refractivity contribution in [2.24, 2.45) is 0 Å². The molecule has 0 heterocycles. The van der Waals surface area contributed by atoms with Crippen molar-refractivity contribution < 1.29 is 22.7 Å². The van der Waals surface area contributed by atoms with Gasteiger partial charge < -0.3 is 14.8 Å². The van der Waals surface area contributed by atoms with Crippen LogP contribution in [-0.2, 0) is 14.8 Å². The van der Waals surface area contributed by atoms with Crippen molar-refractivity contribution in [3.05, 3.63) is 78.4 Å². The zero-order chi connectivity index (χ0) is 23.1. The first kappa shape index (κ1) is 23.1. The SMILES string of the molecule is CCOc1ccc(Oc2ccc(NC(=O)CN(c3ccccc3C)S(C)(=O)=O)cc2)cc1. The second kappa shape index (κ2) is 10.2. The maximum absolute atomic E-state index is 12.6. The van der Waals surface area contributed by atoms with E-state index in [0.29, 0.717) is 29.5 Å². The van der Waals surface area contributed by atoms with Crippen LogP contribution in [0.4, 0.5) is 11.4 Å². The number of anilines is 2. The molecule has 3 aromatic carbocycles. The van der Waals surface area contributed by atoms with E-state index in [2.05, 4.69) is 5.32 Å². The van der Waals surface area contributed by atoms with Gasteiger partial charge in [-0.3, -0.25) is 9.10 Å². The predicted molar refractivity (Wildman–Crippen MR) is 126 cm³/mol. The first-order chi connectivity index (χ1) is 15.3. The molecule has 0 saturated heterocycles. The molecule has 0 spiro atoms. The molecule has 168 valence electrons. The Kier molecular flexibility index (Phi) is 7.37. The van der Waals surface area contributed by atoms with E-state index in [0.717, 1.165) is 21.9 Å². The van der Waals surface area contributed by atoms with Crippen molar-refractivity contribution in [2.75, 3.05) is 29.0 Å². The quantitative estimate of drug-likeness (QED) is 0.511. The zero-order valence-electron chi connectivity index (χ0n) is 18.2. The maximum atomic E-state index is 12.6. The lowest BCUT2D eigenvalue weighted by atomic mass is 10.2. The van der Waals surface area contributed by atoms with E-state index in [-0.39, 0.29) is 6.54 Å². The number of sulfonamides is 1. The van der Waals surface area contributed by atoms with Crippen molar-refractivity contribution in [2.45, 2.75) is 13.8 Å². The lowest BCUT2D eigenvalue weighted by molar-refractivity contribution is -0.114. The fourth-order valence-electron chi connectivity index (χ4n) is 3.07. The lowest BCUT2D eigenvalue weighted by Crippen LogP contribution is -2.37. The monoisotopic (exact) mass is 454 g/mol. The summed E-state index contributed by atoms with van der Waals surface area (Å²) < 4.78 is 36.8. The number of aryl methyl sites for hydroxylation is 1. The Bertz CT molecular complexity index is 1160. The highest BCUT2D eigenvalue weighted by molar-refractivity contribution is 7.92. The molecule has 0 aliphatic heterocycles. The highest BCUT2D eigenvalue weighted by Gasteiger charge is 2.22. The molecule has 0 aliphatic rings. The van der Waals surface area contributed by atoms with Crippen molar-refractivity contribution in [3.63, 3.8) is 0 Å². The molecule has 8 heteroatoms. The summed E-state index contributed by atoms with van der Waals surface area (Å²) in [7, 11) is -3.63. The van der Waals surface area contributed by atoms with Crippen LogP contribution in [0.15, 0.2) is 72.8 Å². The van der Waals surface area contributed by atoms with Gasteiger partial charge in [-0.05, 0) is 74.0 Å². The predicted octanol–water partition coefficient (Wildman–Crippen LogP) is 4.59. The third kappa shape index (κ3) is 6.24. The van der Waals surface area contributed by atoms with E-state index in [9.17, 15) is 13.2 Å². The Morgan fingerprint density at radius 2 is 1.47 bits per heavy atom. The molecule has 0 aromatic heterocycles. The van der Waals surface area contributed by atoms with Gasteiger partial charge in [0.15, 0.2) is 0 Å². The Labute approximate surface area is 188 Å². The summed E-state index contributed by atoms with van der Waals surface area (Å²) >= 11 is 0. The van der Waals surface area contributed by atoms with Crippen molar-refractivity contribution >= 4 is 27.3 Å². The summed E-state index contributed by atoms with van der Waals surface area (Å²) in [4.78, 5) is 12.6. The molecule has 3 rings (SSSR count). The van der Waals surface area contributed by atoms with Gasteiger partial charge in [0.1, 0.15) is 23.8 Å². The molecule has 0 aliphatic carbocycles. The average molecular weight is 455 g/mol. The molecule has 0 bridgehead atoms. The largest absolute Gasteiger partial charge is 0.494 e. The van der Waals surface area contributed by atoms with Crippen molar-refractivity contribution in [1.29, 1.82) is 0 Å². The third-order valence-electron chi connectivity index (χ3n) is 4.58.